The summed E-state index contributed by atoms with van der Waals surface area (Å²) in [5.41, 5.74) is 8.13. The number of aromatic nitrogens is 2. The second-order valence-electron chi connectivity index (χ2n) is 4.90. The maximum atomic E-state index is 6.19. The zero-order valence-electron chi connectivity index (χ0n) is 10.5. The second-order valence-corrected chi connectivity index (χ2v) is 4.90. The number of nitrogens with zero attached hydrogens (tertiary/aromatic N) is 3. The van der Waals surface area contributed by atoms with E-state index in [9.17, 15) is 0 Å². The summed E-state index contributed by atoms with van der Waals surface area (Å²) in [4.78, 5) is 2.37. The first-order valence-corrected chi connectivity index (χ1v) is 6.19. The van der Waals surface area contributed by atoms with Crippen LogP contribution in [0.25, 0.3) is 0 Å². The highest BCUT2D eigenvalue weighted by atomic mass is 15.4. The first kappa shape index (κ1) is 11.3. The fraction of sp³-hybridized carbons (Fsp3) is 0.750. The van der Waals surface area contributed by atoms with E-state index in [-0.39, 0.29) is 0 Å². The van der Waals surface area contributed by atoms with Crippen molar-refractivity contribution in [3.63, 3.8) is 0 Å². The molecule has 1 aromatic heterocycles. The van der Waals surface area contributed by atoms with E-state index in [1.807, 2.05) is 11.7 Å². The lowest BCUT2D eigenvalue weighted by molar-refractivity contribution is 0.654. The van der Waals surface area contributed by atoms with E-state index in [4.69, 9.17) is 5.73 Å². The minimum absolute atomic E-state index is 0.768. The molecule has 2 heterocycles. The average molecular weight is 222 g/mol. The summed E-state index contributed by atoms with van der Waals surface area (Å²) in [5, 5.41) is 4.52. The third kappa shape index (κ3) is 1.88. The quantitative estimate of drug-likeness (QED) is 0.848. The normalized spacial score (nSPS) is 20.7. The summed E-state index contributed by atoms with van der Waals surface area (Å²) < 4.78 is 1.94. The Balaban J connectivity index is 2.26. The molecule has 90 valence electrons. The van der Waals surface area contributed by atoms with E-state index in [1.54, 1.807) is 0 Å². The Hall–Kier alpha value is -1.19. The standard InChI is InChI=1S/C12H22N4/c1-4-5-10-11(13)12(15(3)14-10)16-7-6-9(2)8-16/h9H,4-8,13H2,1-3H3. The van der Waals surface area contributed by atoms with Gasteiger partial charge in [0.15, 0.2) is 0 Å². The van der Waals surface area contributed by atoms with Crippen LogP contribution >= 0.6 is 0 Å². The van der Waals surface area contributed by atoms with Gasteiger partial charge in [0.1, 0.15) is 5.82 Å². The molecule has 1 fully saturated rings. The lowest BCUT2D eigenvalue weighted by Gasteiger charge is -2.18. The summed E-state index contributed by atoms with van der Waals surface area (Å²) >= 11 is 0. The zero-order valence-corrected chi connectivity index (χ0v) is 10.5. The highest BCUT2D eigenvalue weighted by Gasteiger charge is 2.24. The van der Waals surface area contributed by atoms with Crippen LogP contribution in [0.4, 0.5) is 11.5 Å². The summed E-state index contributed by atoms with van der Waals surface area (Å²) in [7, 11) is 1.99. The molecule has 1 aliphatic heterocycles. The van der Waals surface area contributed by atoms with Crippen molar-refractivity contribution in [1.29, 1.82) is 0 Å². The van der Waals surface area contributed by atoms with Crippen molar-refractivity contribution in [1.82, 2.24) is 9.78 Å². The molecule has 1 unspecified atom stereocenters. The van der Waals surface area contributed by atoms with Crippen molar-refractivity contribution in [2.75, 3.05) is 23.7 Å². The van der Waals surface area contributed by atoms with Crippen molar-refractivity contribution in [2.45, 2.75) is 33.1 Å². The van der Waals surface area contributed by atoms with Crippen LogP contribution in [0.15, 0.2) is 0 Å². The Kier molecular flexibility index (Phi) is 3.08. The Labute approximate surface area is 97.4 Å². The molecule has 0 bridgehead atoms. The number of hydrogen-bond donors (Lipinski definition) is 1. The number of hydrogen-bond acceptors (Lipinski definition) is 3. The first-order valence-electron chi connectivity index (χ1n) is 6.19. The molecule has 4 heteroatoms. The van der Waals surface area contributed by atoms with Crippen molar-refractivity contribution < 1.29 is 0 Å². The van der Waals surface area contributed by atoms with Crippen LogP contribution in [0.5, 0.6) is 0 Å². The average Bonchev–Trinajstić information content (AvgIpc) is 2.74. The van der Waals surface area contributed by atoms with Gasteiger partial charge in [0.05, 0.1) is 11.4 Å². The van der Waals surface area contributed by atoms with Crippen molar-refractivity contribution in [3.05, 3.63) is 5.69 Å². The Morgan fingerprint density at radius 1 is 1.50 bits per heavy atom. The molecule has 2 N–H and O–H groups in total. The molecule has 0 radical (unpaired) electrons. The molecular weight excluding hydrogens is 200 g/mol. The molecule has 2 rings (SSSR count). The molecule has 0 aliphatic carbocycles. The smallest absolute Gasteiger partial charge is 0.150 e. The maximum Gasteiger partial charge on any atom is 0.150 e. The van der Waals surface area contributed by atoms with Gasteiger partial charge in [-0.25, -0.2) is 0 Å². The van der Waals surface area contributed by atoms with E-state index in [2.05, 4.69) is 23.8 Å². The van der Waals surface area contributed by atoms with Gasteiger partial charge in [-0.05, 0) is 18.8 Å². The Bertz CT molecular complexity index is 369. The van der Waals surface area contributed by atoms with E-state index in [0.717, 1.165) is 49.0 Å². The van der Waals surface area contributed by atoms with E-state index < -0.39 is 0 Å². The van der Waals surface area contributed by atoms with Crippen LogP contribution < -0.4 is 10.6 Å². The van der Waals surface area contributed by atoms with Gasteiger partial charge >= 0.3 is 0 Å². The van der Waals surface area contributed by atoms with Crippen LogP contribution in [-0.2, 0) is 13.5 Å². The van der Waals surface area contributed by atoms with Crippen LogP contribution in [0.3, 0.4) is 0 Å². The van der Waals surface area contributed by atoms with Crippen molar-refractivity contribution in [3.8, 4) is 0 Å². The predicted octanol–water partition coefficient (Wildman–Crippen LogP) is 1.80. The molecule has 0 spiro atoms. The minimum atomic E-state index is 0.768. The number of nitrogens with two attached hydrogens (primary N) is 1. The Morgan fingerprint density at radius 3 is 2.81 bits per heavy atom. The lowest BCUT2D eigenvalue weighted by atomic mass is 10.2. The summed E-state index contributed by atoms with van der Waals surface area (Å²) in [5.74, 6) is 1.89. The van der Waals surface area contributed by atoms with Crippen molar-refractivity contribution >= 4 is 11.5 Å². The first-order chi connectivity index (χ1) is 7.63. The van der Waals surface area contributed by atoms with Crippen LogP contribution in [0, 0.1) is 5.92 Å². The van der Waals surface area contributed by atoms with Gasteiger partial charge in [0.2, 0.25) is 0 Å². The summed E-state index contributed by atoms with van der Waals surface area (Å²) in [6.45, 7) is 6.66. The van der Waals surface area contributed by atoms with Gasteiger partial charge in [-0.1, -0.05) is 20.3 Å². The van der Waals surface area contributed by atoms with Crippen LogP contribution in [0.1, 0.15) is 32.4 Å². The third-order valence-electron chi connectivity index (χ3n) is 3.34. The minimum Gasteiger partial charge on any atom is -0.394 e. The monoisotopic (exact) mass is 222 g/mol. The molecule has 0 saturated carbocycles. The van der Waals surface area contributed by atoms with Crippen molar-refractivity contribution in [2.24, 2.45) is 13.0 Å². The Morgan fingerprint density at radius 2 is 2.25 bits per heavy atom. The molecule has 4 nitrogen and oxygen atoms in total. The SMILES string of the molecule is CCCc1nn(C)c(N2CCC(C)C2)c1N. The third-order valence-corrected chi connectivity index (χ3v) is 3.34. The molecule has 0 amide bonds. The van der Waals surface area contributed by atoms with Gasteiger partial charge < -0.3 is 10.6 Å². The molecule has 1 atom stereocenters. The number of aryl methyl sites for hydroxylation is 2. The molecular formula is C12H22N4. The molecule has 1 saturated heterocycles. The largest absolute Gasteiger partial charge is 0.394 e. The van der Waals surface area contributed by atoms with E-state index in [1.165, 1.54) is 6.42 Å². The molecule has 1 aromatic rings. The van der Waals surface area contributed by atoms with E-state index >= 15 is 0 Å². The lowest BCUT2D eigenvalue weighted by Crippen LogP contribution is -2.22. The summed E-state index contributed by atoms with van der Waals surface area (Å²) in [6, 6.07) is 0. The van der Waals surface area contributed by atoms with Gasteiger partial charge in [-0.15, -0.1) is 0 Å². The highest BCUT2D eigenvalue weighted by Crippen LogP contribution is 2.30. The van der Waals surface area contributed by atoms with Crippen LogP contribution in [-0.4, -0.2) is 22.9 Å². The van der Waals surface area contributed by atoms with E-state index in [0.29, 0.717) is 0 Å². The zero-order chi connectivity index (χ0) is 11.7. The maximum absolute atomic E-state index is 6.19. The number of nitrogen functional groups attached to an aromatic ring is 1. The summed E-state index contributed by atoms with van der Waals surface area (Å²) in [6.07, 6.45) is 3.33. The fourth-order valence-electron chi connectivity index (χ4n) is 2.51. The predicted molar refractivity (Wildman–Crippen MR) is 67.6 cm³/mol. The molecule has 1 aliphatic rings. The molecule has 0 aromatic carbocycles. The van der Waals surface area contributed by atoms with Gasteiger partial charge in [-0.3, -0.25) is 4.68 Å². The molecule has 16 heavy (non-hydrogen) atoms. The number of anilines is 2. The topological polar surface area (TPSA) is 47.1 Å². The fourth-order valence-corrected chi connectivity index (χ4v) is 2.51. The number of rotatable bonds is 3. The van der Waals surface area contributed by atoms with Crippen LogP contribution in [0.2, 0.25) is 0 Å². The van der Waals surface area contributed by atoms with Gasteiger partial charge in [0, 0.05) is 20.1 Å². The van der Waals surface area contributed by atoms with Gasteiger partial charge in [-0.2, -0.15) is 5.10 Å². The highest BCUT2D eigenvalue weighted by molar-refractivity contribution is 5.66. The van der Waals surface area contributed by atoms with Gasteiger partial charge in [0.25, 0.3) is 0 Å². The second kappa shape index (κ2) is 4.36.